The molecule has 5 heteroatoms. The monoisotopic (exact) mass is 503 g/mol. The number of rotatable bonds is 6. The molecule has 0 aliphatic carbocycles. The van der Waals surface area contributed by atoms with Crippen molar-refractivity contribution < 1.29 is 14.3 Å². The zero-order valence-corrected chi connectivity index (χ0v) is 21.5. The molecule has 0 fully saturated rings. The summed E-state index contributed by atoms with van der Waals surface area (Å²) in [6, 6.07) is 17.8. The van der Waals surface area contributed by atoms with Gasteiger partial charge in [-0.05, 0) is 0 Å². The van der Waals surface area contributed by atoms with Crippen molar-refractivity contribution in [1.29, 1.82) is 0 Å². The number of methoxy groups -OCH3 is 1. The Bertz CT molecular complexity index is 818. The van der Waals surface area contributed by atoms with Gasteiger partial charge in [-0.15, -0.1) is 0 Å². The van der Waals surface area contributed by atoms with Crippen LogP contribution in [-0.2, 0) is 4.74 Å². The van der Waals surface area contributed by atoms with E-state index >= 15 is 0 Å². The van der Waals surface area contributed by atoms with E-state index in [9.17, 15) is 4.79 Å². The minimum atomic E-state index is -2.67. The third-order valence-electron chi connectivity index (χ3n) is 4.38. The molecule has 0 radical (unpaired) electrons. The number of anilines is 1. The number of carbonyl (C=O) groups is 1. The first-order valence-corrected chi connectivity index (χ1v) is 20.1. The second-order valence-electron chi connectivity index (χ2n) is 9.13. The number of carbonyl (C=O) groups excluding carboxylic acids is 1. The van der Waals surface area contributed by atoms with Crippen LogP contribution in [0.1, 0.15) is 26.3 Å². The molecule has 0 bridgehead atoms. The minimum absolute atomic E-state index is 0.00671. The van der Waals surface area contributed by atoms with E-state index < -0.39 is 24.0 Å². The predicted octanol–water partition coefficient (Wildman–Crippen LogP) is 6.40. The second kappa shape index (κ2) is 9.70. The van der Waals surface area contributed by atoms with E-state index in [4.69, 9.17) is 9.47 Å². The van der Waals surface area contributed by atoms with E-state index in [0.29, 0.717) is 0 Å². The van der Waals surface area contributed by atoms with E-state index in [1.54, 1.807) is 7.11 Å². The zero-order chi connectivity index (χ0) is 21.7. The quantitative estimate of drug-likeness (QED) is 0.430. The average Bonchev–Trinajstić information content (AvgIpc) is 2.63. The molecule has 2 aromatic carbocycles. The summed E-state index contributed by atoms with van der Waals surface area (Å²) in [7, 11) is 1.64. The van der Waals surface area contributed by atoms with Crippen LogP contribution >= 0.6 is 0 Å². The molecule has 0 spiro atoms. The van der Waals surface area contributed by atoms with Crippen LogP contribution in [0, 0.1) is 0 Å². The van der Waals surface area contributed by atoms with E-state index in [1.807, 2.05) is 68.1 Å². The Labute approximate surface area is 179 Å². The molecular weight excluding hydrogens is 469 g/mol. The van der Waals surface area contributed by atoms with E-state index in [1.165, 1.54) is 0 Å². The van der Waals surface area contributed by atoms with E-state index in [-0.39, 0.29) is 10.2 Å². The molecular formula is C24H33NO3Sn. The van der Waals surface area contributed by atoms with Gasteiger partial charge in [0.15, 0.2) is 0 Å². The fourth-order valence-corrected chi connectivity index (χ4v) is 7.82. The molecule has 156 valence electrons. The predicted molar refractivity (Wildman–Crippen MR) is 124 cm³/mol. The number of benzene rings is 2. The summed E-state index contributed by atoms with van der Waals surface area (Å²) in [5.74, 6) is 0.758. The van der Waals surface area contributed by atoms with Crippen molar-refractivity contribution in [2.45, 2.75) is 45.2 Å². The molecule has 0 saturated heterocycles. The first kappa shape index (κ1) is 23.3. The first-order valence-electron chi connectivity index (χ1n) is 9.91. The van der Waals surface area contributed by atoms with Crippen molar-refractivity contribution in [3.05, 3.63) is 66.2 Å². The Morgan fingerprint density at radius 1 is 1.00 bits per heavy atom. The second-order valence-corrected chi connectivity index (χ2v) is 24.3. The van der Waals surface area contributed by atoms with Gasteiger partial charge in [0.2, 0.25) is 0 Å². The summed E-state index contributed by atoms with van der Waals surface area (Å²) in [6.07, 6.45) is 3.95. The normalized spacial score (nSPS) is 13.2. The third kappa shape index (κ3) is 7.10. The molecule has 0 heterocycles. The molecule has 0 aliphatic heterocycles. The van der Waals surface area contributed by atoms with Crippen LogP contribution in [0.2, 0.25) is 14.8 Å². The Morgan fingerprint density at radius 3 is 2.07 bits per heavy atom. The van der Waals surface area contributed by atoms with Crippen LogP contribution in [0.25, 0.3) is 6.08 Å². The molecule has 1 atom stereocenters. The fourth-order valence-electron chi connectivity index (χ4n) is 2.96. The summed E-state index contributed by atoms with van der Waals surface area (Å²) in [5, 5.41) is 0. The molecule has 0 aromatic heterocycles. The van der Waals surface area contributed by atoms with Gasteiger partial charge in [0.25, 0.3) is 0 Å². The maximum atomic E-state index is 13.3. The topological polar surface area (TPSA) is 38.8 Å². The van der Waals surface area contributed by atoms with Crippen LogP contribution in [-0.4, -0.2) is 41.2 Å². The Kier molecular flexibility index (Phi) is 7.80. The van der Waals surface area contributed by atoms with Crippen molar-refractivity contribution >= 4 is 36.2 Å². The molecule has 2 rings (SSSR count). The zero-order valence-electron chi connectivity index (χ0n) is 18.6. The molecule has 0 N–H and O–H groups in total. The Hall–Kier alpha value is -1.95. The van der Waals surface area contributed by atoms with Gasteiger partial charge in [-0.1, -0.05) is 0 Å². The summed E-state index contributed by atoms with van der Waals surface area (Å²) in [5.41, 5.74) is 1.37. The Balaban J connectivity index is 2.50. The van der Waals surface area contributed by atoms with Crippen molar-refractivity contribution in [2.75, 3.05) is 12.0 Å². The Morgan fingerprint density at radius 2 is 1.59 bits per heavy atom. The molecule has 0 saturated carbocycles. The summed E-state index contributed by atoms with van der Waals surface area (Å²) in [4.78, 5) is 22.1. The maximum absolute atomic E-state index is 13.3. The van der Waals surface area contributed by atoms with Gasteiger partial charge < -0.3 is 0 Å². The van der Waals surface area contributed by atoms with Gasteiger partial charge in [0, 0.05) is 0 Å². The molecule has 29 heavy (non-hydrogen) atoms. The fraction of sp³-hybridized carbons (Fsp3) is 0.375. The van der Waals surface area contributed by atoms with Crippen molar-refractivity contribution in [1.82, 2.24) is 0 Å². The van der Waals surface area contributed by atoms with Gasteiger partial charge in [-0.25, -0.2) is 0 Å². The van der Waals surface area contributed by atoms with E-state index in [2.05, 4.69) is 39.1 Å². The SMILES string of the molecule is COc1ccc(N(C(=O)OC(C)(C)C)[C@@H](/C=C/c2ccccc2)[Sn]([CH3])([CH3])[CH3])cc1. The van der Waals surface area contributed by atoms with Gasteiger partial charge >= 0.3 is 180 Å². The number of nitrogens with zero attached hydrogens (tertiary/aromatic N) is 1. The van der Waals surface area contributed by atoms with Gasteiger partial charge in [0.05, 0.1) is 0 Å². The average molecular weight is 502 g/mol. The molecule has 1 amide bonds. The van der Waals surface area contributed by atoms with Crippen molar-refractivity contribution in [2.24, 2.45) is 0 Å². The van der Waals surface area contributed by atoms with E-state index in [0.717, 1.165) is 17.0 Å². The van der Waals surface area contributed by atoms with Gasteiger partial charge in [-0.2, -0.15) is 0 Å². The summed E-state index contributed by atoms with van der Waals surface area (Å²) < 4.78 is 11.1. The molecule has 0 aliphatic rings. The van der Waals surface area contributed by atoms with Crippen LogP contribution in [0.15, 0.2) is 60.7 Å². The van der Waals surface area contributed by atoms with Crippen LogP contribution in [0.4, 0.5) is 10.5 Å². The molecule has 2 aromatic rings. The molecule has 4 nitrogen and oxygen atoms in total. The van der Waals surface area contributed by atoms with Crippen LogP contribution in [0.5, 0.6) is 5.75 Å². The van der Waals surface area contributed by atoms with Gasteiger partial charge in [0.1, 0.15) is 0 Å². The summed E-state index contributed by atoms with van der Waals surface area (Å²) >= 11 is -2.67. The summed E-state index contributed by atoms with van der Waals surface area (Å²) in [6.45, 7) is 5.69. The number of ether oxygens (including phenoxy) is 2. The van der Waals surface area contributed by atoms with Crippen molar-refractivity contribution in [3.63, 3.8) is 0 Å². The van der Waals surface area contributed by atoms with Gasteiger partial charge in [-0.3, -0.25) is 0 Å². The standard InChI is InChI=1S/C21H24NO3.3CH3.Sn/c1-21(2,3)25-20(23)22(18-12-14-19(24-4)15-13-18)16-8-11-17-9-6-5-7-10-17;;;;/h5-16H,1-4H3;3*1H3;/b11-8+;;;;. The number of hydrogen-bond donors (Lipinski definition) is 0. The van der Waals surface area contributed by atoms with Crippen molar-refractivity contribution in [3.8, 4) is 5.75 Å². The first-order chi connectivity index (χ1) is 13.5. The van der Waals surface area contributed by atoms with Crippen LogP contribution < -0.4 is 9.64 Å². The number of hydrogen-bond acceptors (Lipinski definition) is 3. The number of amides is 1. The molecule has 0 unspecified atom stereocenters. The van der Waals surface area contributed by atoms with Crippen LogP contribution in [0.3, 0.4) is 0 Å². The third-order valence-corrected chi connectivity index (χ3v) is 10.7.